The van der Waals surface area contributed by atoms with Crippen LogP contribution in [0.15, 0.2) is 59.0 Å². The number of fused-ring (bicyclic) bond motifs is 1. The van der Waals surface area contributed by atoms with Crippen LogP contribution in [0.3, 0.4) is 0 Å². The van der Waals surface area contributed by atoms with Crippen LogP contribution in [0.2, 0.25) is 0 Å². The first kappa shape index (κ1) is 10.2. The van der Waals surface area contributed by atoms with Crippen molar-refractivity contribution < 1.29 is 4.42 Å². The predicted octanol–water partition coefficient (Wildman–Crippen LogP) is 2.82. The number of benzene rings is 2. The molecule has 0 aliphatic heterocycles. The van der Waals surface area contributed by atoms with Crippen molar-refractivity contribution in [2.75, 3.05) is 0 Å². The molecule has 0 fully saturated rings. The zero-order valence-corrected chi connectivity index (χ0v) is 9.39. The van der Waals surface area contributed by atoms with E-state index in [0.29, 0.717) is 5.66 Å². The first-order valence-corrected chi connectivity index (χ1v) is 5.63. The molecule has 0 spiro atoms. The van der Waals surface area contributed by atoms with Gasteiger partial charge in [-0.2, -0.15) is 0 Å². The van der Waals surface area contributed by atoms with Crippen molar-refractivity contribution in [3.05, 3.63) is 65.7 Å². The fraction of sp³-hybridized carbons (Fsp3) is 0.0667. The van der Waals surface area contributed by atoms with Gasteiger partial charge in [0, 0.05) is 11.0 Å². The molecule has 0 amide bonds. The van der Waals surface area contributed by atoms with Crippen LogP contribution < -0.4 is 5.66 Å². The first-order valence-electron chi connectivity index (χ1n) is 5.63. The molecule has 17 heavy (non-hydrogen) atoms. The summed E-state index contributed by atoms with van der Waals surface area (Å²) in [4.78, 5) is 0. The van der Waals surface area contributed by atoms with Crippen LogP contribution in [0.5, 0.6) is 0 Å². The van der Waals surface area contributed by atoms with Gasteiger partial charge in [0.05, 0.1) is 0 Å². The van der Waals surface area contributed by atoms with Gasteiger partial charge in [0.25, 0.3) is 0 Å². The van der Waals surface area contributed by atoms with Crippen molar-refractivity contribution in [2.45, 2.75) is 6.42 Å². The number of hydrogen-bond donors (Lipinski definition) is 0. The summed E-state index contributed by atoms with van der Waals surface area (Å²) in [6.45, 7) is 0. The normalized spacial score (nSPS) is 10.8. The highest BCUT2D eigenvalue weighted by Gasteiger charge is 2.02. The molecule has 80 valence electrons. The highest BCUT2D eigenvalue weighted by atomic mass is 16.3. The van der Waals surface area contributed by atoms with Gasteiger partial charge in [0.2, 0.25) is 0 Å². The van der Waals surface area contributed by atoms with Crippen LogP contribution >= 0.6 is 0 Å². The molecule has 0 saturated carbocycles. The van der Waals surface area contributed by atoms with Gasteiger partial charge in [-0.1, -0.05) is 42.5 Å². The smallest absolute Gasteiger partial charge is 0.167 e. The minimum absolute atomic E-state index is 0.469. The fourth-order valence-corrected chi connectivity index (χ4v) is 2.04. The van der Waals surface area contributed by atoms with Gasteiger partial charge in [-0.15, -0.1) is 0 Å². The summed E-state index contributed by atoms with van der Waals surface area (Å²) in [5.41, 5.74) is 3.86. The van der Waals surface area contributed by atoms with Crippen LogP contribution in [0.1, 0.15) is 11.1 Å². The second-order valence-corrected chi connectivity index (χ2v) is 4.18. The average Bonchev–Trinajstić information content (AvgIpc) is 2.70. The van der Waals surface area contributed by atoms with E-state index in [9.17, 15) is 0 Å². The summed E-state index contributed by atoms with van der Waals surface area (Å²) in [6, 6.07) is 18.5. The summed E-state index contributed by atoms with van der Waals surface area (Å²) in [6.07, 6.45) is 0.914. The van der Waals surface area contributed by atoms with Gasteiger partial charge < -0.3 is 4.42 Å². The zero-order chi connectivity index (χ0) is 11.7. The van der Waals surface area contributed by atoms with Gasteiger partial charge >= 0.3 is 0 Å². The molecule has 3 aromatic rings. The Kier molecular flexibility index (Phi) is 2.48. The van der Waals surface area contributed by atoms with E-state index in [4.69, 9.17) is 12.3 Å². The van der Waals surface area contributed by atoms with Crippen LogP contribution in [0.25, 0.3) is 11.0 Å². The summed E-state index contributed by atoms with van der Waals surface area (Å²) in [7, 11) is 5.63. The average molecular weight is 218 g/mol. The van der Waals surface area contributed by atoms with Crippen molar-refractivity contribution in [1.29, 1.82) is 0 Å². The van der Waals surface area contributed by atoms with Crippen molar-refractivity contribution in [2.24, 2.45) is 0 Å². The molecule has 2 heteroatoms. The molecular weight excluding hydrogens is 207 g/mol. The molecule has 3 rings (SSSR count). The molecule has 0 atom stereocenters. The standard InChI is InChI=1S/C15H11BO/c16-15-10-13-7-6-12(9-14(13)17-15)8-11-4-2-1-3-5-11/h1-7,9-10H,8H2. The van der Waals surface area contributed by atoms with Crippen molar-refractivity contribution in [3.8, 4) is 0 Å². The molecule has 0 N–H and O–H groups in total. The predicted molar refractivity (Wildman–Crippen MR) is 70.9 cm³/mol. The van der Waals surface area contributed by atoms with E-state index in [1.165, 1.54) is 11.1 Å². The monoisotopic (exact) mass is 218 g/mol. The van der Waals surface area contributed by atoms with Crippen LogP contribution in [-0.2, 0) is 6.42 Å². The molecule has 2 radical (unpaired) electrons. The molecule has 1 aromatic heterocycles. The maximum atomic E-state index is 5.63. The third-order valence-electron chi connectivity index (χ3n) is 2.85. The van der Waals surface area contributed by atoms with Crippen molar-refractivity contribution in [3.63, 3.8) is 0 Å². The largest absolute Gasteiger partial charge is 0.473 e. The molecule has 0 bridgehead atoms. The minimum atomic E-state index is 0.469. The second-order valence-electron chi connectivity index (χ2n) is 4.18. The highest BCUT2D eigenvalue weighted by molar-refractivity contribution is 6.31. The quantitative estimate of drug-likeness (QED) is 0.602. The molecule has 0 unspecified atom stereocenters. The van der Waals surface area contributed by atoms with Gasteiger partial charge in [0.1, 0.15) is 5.58 Å². The zero-order valence-electron chi connectivity index (χ0n) is 9.39. The first-order chi connectivity index (χ1) is 8.31. The van der Waals surface area contributed by atoms with E-state index >= 15 is 0 Å². The molecule has 0 aliphatic rings. The lowest BCUT2D eigenvalue weighted by molar-refractivity contribution is 0.653. The Morgan fingerprint density at radius 3 is 2.53 bits per heavy atom. The lowest BCUT2D eigenvalue weighted by Gasteiger charge is -2.01. The highest BCUT2D eigenvalue weighted by Crippen LogP contribution is 2.17. The second kappa shape index (κ2) is 4.13. The SMILES string of the molecule is [B]c1cc2ccc(Cc3ccccc3)cc2o1. The summed E-state index contributed by atoms with van der Waals surface area (Å²) in [5.74, 6) is 0. The Bertz CT molecular complexity index is 640. The maximum absolute atomic E-state index is 5.63. The van der Waals surface area contributed by atoms with Gasteiger partial charge in [0.15, 0.2) is 7.85 Å². The van der Waals surface area contributed by atoms with Crippen molar-refractivity contribution >= 4 is 24.5 Å². The van der Waals surface area contributed by atoms with E-state index in [-0.39, 0.29) is 0 Å². The van der Waals surface area contributed by atoms with Crippen LogP contribution in [0.4, 0.5) is 0 Å². The van der Waals surface area contributed by atoms with Gasteiger partial charge in [-0.3, -0.25) is 0 Å². The number of hydrogen-bond acceptors (Lipinski definition) is 1. The summed E-state index contributed by atoms with van der Waals surface area (Å²) in [5, 5.41) is 1.05. The molecule has 1 heterocycles. The topological polar surface area (TPSA) is 13.1 Å². The summed E-state index contributed by atoms with van der Waals surface area (Å²) >= 11 is 0. The van der Waals surface area contributed by atoms with Crippen molar-refractivity contribution in [1.82, 2.24) is 0 Å². The molecule has 0 saturated heterocycles. The fourth-order valence-electron chi connectivity index (χ4n) is 2.04. The Hall–Kier alpha value is -1.96. The molecule has 0 aliphatic carbocycles. The van der Waals surface area contributed by atoms with E-state index in [1.807, 2.05) is 18.2 Å². The Labute approximate surface area is 101 Å². The Morgan fingerprint density at radius 1 is 0.882 bits per heavy atom. The van der Waals surface area contributed by atoms with Gasteiger partial charge in [-0.05, 0) is 29.7 Å². The molecule has 1 nitrogen and oxygen atoms in total. The lowest BCUT2D eigenvalue weighted by Crippen LogP contribution is -1.92. The number of furan rings is 1. The van der Waals surface area contributed by atoms with E-state index in [2.05, 4.69) is 36.4 Å². The third-order valence-corrected chi connectivity index (χ3v) is 2.85. The van der Waals surface area contributed by atoms with E-state index < -0.39 is 0 Å². The minimum Gasteiger partial charge on any atom is -0.473 e. The van der Waals surface area contributed by atoms with Crippen LogP contribution in [0, 0.1) is 0 Å². The Morgan fingerprint density at radius 2 is 1.71 bits per heavy atom. The third kappa shape index (κ3) is 2.11. The Balaban J connectivity index is 1.95. The number of rotatable bonds is 2. The van der Waals surface area contributed by atoms with Gasteiger partial charge in [-0.25, -0.2) is 0 Å². The van der Waals surface area contributed by atoms with Crippen LogP contribution in [-0.4, -0.2) is 7.85 Å². The summed E-state index contributed by atoms with van der Waals surface area (Å²) < 4.78 is 5.42. The lowest BCUT2D eigenvalue weighted by atomic mass is 10.0. The molecule has 2 aromatic carbocycles. The maximum Gasteiger partial charge on any atom is 0.167 e. The van der Waals surface area contributed by atoms with E-state index in [1.54, 1.807) is 0 Å². The molecular formula is C15H11BO. The van der Waals surface area contributed by atoms with E-state index in [0.717, 1.165) is 17.4 Å².